The molecule has 0 aliphatic heterocycles. The largest absolute Gasteiger partial charge is 0.265 e. The van der Waals surface area contributed by atoms with Gasteiger partial charge in [-0.15, -0.1) is 0 Å². The minimum absolute atomic E-state index is 0.343. The highest BCUT2D eigenvalue weighted by atomic mass is 35.7. The topological polar surface area (TPSA) is 57.9 Å². The van der Waals surface area contributed by atoms with Crippen LogP contribution in [0.1, 0.15) is 5.56 Å². The molecule has 0 aromatic heterocycles. The molecule has 0 atom stereocenters. The Morgan fingerprint density at radius 3 is 2.36 bits per heavy atom. The van der Waals surface area contributed by atoms with Gasteiger partial charge in [0.1, 0.15) is 22.6 Å². The second-order valence-electron chi connectivity index (χ2n) is 2.31. The SMILES string of the molecule is N#Cc1cc(F)cc(F)c1S(=O)(=O)Cl. The van der Waals surface area contributed by atoms with Gasteiger partial charge in [-0.2, -0.15) is 5.26 Å². The van der Waals surface area contributed by atoms with E-state index in [1.54, 1.807) is 0 Å². The van der Waals surface area contributed by atoms with Crippen LogP contribution in [-0.4, -0.2) is 8.42 Å². The van der Waals surface area contributed by atoms with Crippen LogP contribution < -0.4 is 0 Å². The summed E-state index contributed by atoms with van der Waals surface area (Å²) in [6, 6.07) is 2.28. The van der Waals surface area contributed by atoms with E-state index < -0.39 is 31.1 Å². The molecular weight excluding hydrogens is 236 g/mol. The van der Waals surface area contributed by atoms with Crippen molar-refractivity contribution < 1.29 is 17.2 Å². The molecule has 0 aliphatic carbocycles. The lowest BCUT2D eigenvalue weighted by Crippen LogP contribution is -2.00. The number of nitrogens with zero attached hydrogens (tertiary/aromatic N) is 1. The predicted octanol–water partition coefficient (Wildman–Crippen LogP) is 1.76. The van der Waals surface area contributed by atoms with E-state index in [-0.39, 0.29) is 0 Å². The molecule has 7 heteroatoms. The fourth-order valence-electron chi connectivity index (χ4n) is 0.891. The molecule has 1 rings (SSSR count). The van der Waals surface area contributed by atoms with Gasteiger partial charge in [0, 0.05) is 16.7 Å². The van der Waals surface area contributed by atoms with Crippen molar-refractivity contribution in [2.75, 3.05) is 0 Å². The Hall–Kier alpha value is -1.19. The Kier molecular flexibility index (Phi) is 2.73. The Labute approximate surface area is 83.0 Å². The van der Waals surface area contributed by atoms with E-state index in [9.17, 15) is 17.2 Å². The monoisotopic (exact) mass is 237 g/mol. The van der Waals surface area contributed by atoms with Gasteiger partial charge in [-0.3, -0.25) is 0 Å². The highest BCUT2D eigenvalue weighted by Crippen LogP contribution is 2.23. The molecule has 1 aromatic rings. The van der Waals surface area contributed by atoms with Crippen LogP contribution in [0.4, 0.5) is 8.78 Å². The van der Waals surface area contributed by atoms with E-state index in [1.165, 1.54) is 6.07 Å². The molecule has 14 heavy (non-hydrogen) atoms. The van der Waals surface area contributed by atoms with Gasteiger partial charge >= 0.3 is 0 Å². The zero-order valence-corrected chi connectivity index (χ0v) is 8.03. The third-order valence-corrected chi connectivity index (χ3v) is 2.74. The van der Waals surface area contributed by atoms with Crippen LogP contribution in [0.5, 0.6) is 0 Å². The van der Waals surface area contributed by atoms with Gasteiger partial charge in [-0.1, -0.05) is 0 Å². The Morgan fingerprint density at radius 2 is 1.93 bits per heavy atom. The first-order valence-corrected chi connectivity index (χ1v) is 5.51. The number of hydrogen-bond acceptors (Lipinski definition) is 3. The second-order valence-corrected chi connectivity index (χ2v) is 4.82. The minimum Gasteiger partial charge on any atom is -0.207 e. The standard InChI is InChI=1S/C7H2ClF2NO2S/c8-14(12,13)7-4(3-11)1-5(9)2-6(7)10/h1-2H. The maximum Gasteiger partial charge on any atom is 0.265 e. The number of benzene rings is 1. The molecule has 3 nitrogen and oxygen atoms in total. The molecule has 0 amide bonds. The number of hydrogen-bond donors (Lipinski definition) is 0. The molecule has 0 unspecified atom stereocenters. The van der Waals surface area contributed by atoms with Gasteiger partial charge in [-0.25, -0.2) is 17.2 Å². The third kappa shape index (κ3) is 2.00. The molecule has 0 saturated carbocycles. The maximum absolute atomic E-state index is 12.9. The second kappa shape index (κ2) is 3.52. The van der Waals surface area contributed by atoms with Crippen molar-refractivity contribution in [1.82, 2.24) is 0 Å². The van der Waals surface area contributed by atoms with Crippen LogP contribution in [0, 0.1) is 23.0 Å². The van der Waals surface area contributed by atoms with E-state index in [4.69, 9.17) is 15.9 Å². The molecule has 0 radical (unpaired) electrons. The number of halogens is 3. The molecule has 0 spiro atoms. The molecule has 0 bridgehead atoms. The summed E-state index contributed by atoms with van der Waals surface area (Å²) in [7, 11) is 0.474. The van der Waals surface area contributed by atoms with Crippen molar-refractivity contribution in [3.63, 3.8) is 0 Å². The summed E-state index contributed by atoms with van der Waals surface area (Å²) in [6.07, 6.45) is 0. The summed E-state index contributed by atoms with van der Waals surface area (Å²) in [4.78, 5) is -0.997. The molecule has 0 N–H and O–H groups in total. The predicted molar refractivity (Wildman–Crippen MR) is 44.1 cm³/mol. The fraction of sp³-hybridized carbons (Fsp3) is 0. The van der Waals surface area contributed by atoms with Crippen LogP contribution in [-0.2, 0) is 9.05 Å². The van der Waals surface area contributed by atoms with Gasteiger partial charge in [0.2, 0.25) is 0 Å². The highest BCUT2D eigenvalue weighted by Gasteiger charge is 2.22. The Morgan fingerprint density at radius 1 is 1.36 bits per heavy atom. The summed E-state index contributed by atoms with van der Waals surface area (Å²) in [5, 5.41) is 8.42. The molecule has 74 valence electrons. The summed E-state index contributed by atoms with van der Waals surface area (Å²) >= 11 is 0. The molecule has 0 saturated heterocycles. The van der Waals surface area contributed by atoms with Gasteiger partial charge in [-0.05, 0) is 6.07 Å². The maximum atomic E-state index is 12.9. The van der Waals surface area contributed by atoms with Crippen LogP contribution in [0.2, 0.25) is 0 Å². The lowest BCUT2D eigenvalue weighted by molar-refractivity contribution is 0.552. The first-order valence-electron chi connectivity index (χ1n) is 3.20. The first kappa shape index (κ1) is 10.9. The lowest BCUT2D eigenvalue weighted by Gasteiger charge is -2.00. The molecular formula is C7H2ClF2NO2S. The van der Waals surface area contributed by atoms with Crippen molar-refractivity contribution in [2.45, 2.75) is 4.90 Å². The van der Waals surface area contributed by atoms with Crippen LogP contribution in [0.25, 0.3) is 0 Å². The highest BCUT2D eigenvalue weighted by molar-refractivity contribution is 8.13. The van der Waals surface area contributed by atoms with Crippen LogP contribution >= 0.6 is 10.7 Å². The Balaban J connectivity index is 3.68. The van der Waals surface area contributed by atoms with E-state index in [0.717, 1.165) is 0 Å². The van der Waals surface area contributed by atoms with Crippen molar-refractivity contribution in [3.05, 3.63) is 29.3 Å². The van der Waals surface area contributed by atoms with E-state index in [1.807, 2.05) is 0 Å². The molecule has 0 fully saturated rings. The van der Waals surface area contributed by atoms with E-state index in [0.29, 0.717) is 12.1 Å². The van der Waals surface area contributed by atoms with Crippen LogP contribution in [0.3, 0.4) is 0 Å². The average Bonchev–Trinajstić information content (AvgIpc) is 1.99. The molecule has 0 heterocycles. The van der Waals surface area contributed by atoms with Crippen molar-refractivity contribution >= 4 is 19.7 Å². The van der Waals surface area contributed by atoms with E-state index >= 15 is 0 Å². The van der Waals surface area contributed by atoms with Gasteiger partial charge in [0.15, 0.2) is 0 Å². The Bertz CT molecular complexity index is 521. The summed E-state index contributed by atoms with van der Waals surface area (Å²) in [6.45, 7) is 0. The zero-order valence-electron chi connectivity index (χ0n) is 6.46. The third-order valence-electron chi connectivity index (χ3n) is 1.37. The summed E-state index contributed by atoms with van der Waals surface area (Å²) in [5.74, 6) is -2.42. The van der Waals surface area contributed by atoms with Gasteiger partial charge in [0.25, 0.3) is 9.05 Å². The average molecular weight is 238 g/mol. The number of nitriles is 1. The van der Waals surface area contributed by atoms with Crippen molar-refractivity contribution in [1.29, 1.82) is 5.26 Å². The molecule has 0 aliphatic rings. The normalized spacial score (nSPS) is 11.0. The van der Waals surface area contributed by atoms with Crippen molar-refractivity contribution in [2.24, 2.45) is 0 Å². The minimum atomic E-state index is -4.38. The zero-order chi connectivity index (χ0) is 10.9. The van der Waals surface area contributed by atoms with Gasteiger partial charge < -0.3 is 0 Å². The summed E-state index contributed by atoms with van der Waals surface area (Å²) in [5.41, 5.74) is -0.655. The fourth-order valence-corrected chi connectivity index (χ4v) is 2.02. The summed E-state index contributed by atoms with van der Waals surface area (Å²) < 4.78 is 47.1. The van der Waals surface area contributed by atoms with E-state index in [2.05, 4.69) is 0 Å². The first-order chi connectivity index (χ1) is 6.36. The van der Waals surface area contributed by atoms with Crippen molar-refractivity contribution in [3.8, 4) is 6.07 Å². The quantitative estimate of drug-likeness (QED) is 0.700. The molecule has 1 aromatic carbocycles. The number of rotatable bonds is 1. The van der Waals surface area contributed by atoms with Gasteiger partial charge in [0.05, 0.1) is 5.56 Å². The smallest absolute Gasteiger partial charge is 0.207 e. The lowest BCUT2D eigenvalue weighted by atomic mass is 10.2. The van der Waals surface area contributed by atoms with Crippen LogP contribution in [0.15, 0.2) is 17.0 Å².